The number of ether oxygens (including phenoxy) is 3. The lowest BCUT2D eigenvalue weighted by Gasteiger charge is -2.14. The Morgan fingerprint density at radius 1 is 1.14 bits per heavy atom. The summed E-state index contributed by atoms with van der Waals surface area (Å²) in [5, 5.41) is 2.83. The zero-order chi connectivity index (χ0) is 15.9. The molecule has 6 heteroatoms. The van der Waals surface area contributed by atoms with Crippen LogP contribution in [-0.2, 0) is 6.42 Å². The number of hydrogen-bond acceptors (Lipinski definition) is 5. The predicted molar refractivity (Wildman–Crippen MR) is 80.8 cm³/mol. The van der Waals surface area contributed by atoms with Crippen LogP contribution in [0.1, 0.15) is 16.1 Å². The smallest absolute Gasteiger partial charge is 0.251 e. The van der Waals surface area contributed by atoms with Crippen molar-refractivity contribution in [3.63, 3.8) is 0 Å². The van der Waals surface area contributed by atoms with Crippen molar-refractivity contribution in [1.82, 2.24) is 5.32 Å². The van der Waals surface area contributed by atoms with E-state index in [1.54, 1.807) is 18.4 Å². The summed E-state index contributed by atoms with van der Waals surface area (Å²) in [6.07, 6.45) is 2.24. The molecule has 0 aliphatic carbocycles. The van der Waals surface area contributed by atoms with Gasteiger partial charge in [-0.05, 0) is 24.3 Å². The number of carbonyl (C=O) groups is 1. The van der Waals surface area contributed by atoms with Gasteiger partial charge in [-0.15, -0.1) is 0 Å². The average Bonchev–Trinajstić information content (AvgIpc) is 3.06. The van der Waals surface area contributed by atoms with Crippen molar-refractivity contribution in [3.8, 4) is 17.2 Å². The monoisotopic (exact) mass is 305 g/mol. The van der Waals surface area contributed by atoms with E-state index in [0.29, 0.717) is 35.8 Å². The molecule has 118 valence electrons. The summed E-state index contributed by atoms with van der Waals surface area (Å²) in [5.41, 5.74) is 0.439. The van der Waals surface area contributed by atoms with E-state index in [1.165, 1.54) is 21.3 Å². The Morgan fingerprint density at radius 3 is 2.32 bits per heavy atom. The number of methoxy groups -OCH3 is 3. The summed E-state index contributed by atoms with van der Waals surface area (Å²) < 4.78 is 20.9. The van der Waals surface area contributed by atoms with Gasteiger partial charge in [-0.2, -0.15) is 0 Å². The Kier molecular flexibility index (Phi) is 5.30. The first kappa shape index (κ1) is 15.8. The molecule has 0 unspecified atom stereocenters. The third-order valence-corrected chi connectivity index (χ3v) is 3.16. The van der Waals surface area contributed by atoms with Gasteiger partial charge in [0.1, 0.15) is 5.76 Å². The van der Waals surface area contributed by atoms with Crippen LogP contribution < -0.4 is 19.5 Å². The van der Waals surface area contributed by atoms with Crippen LogP contribution in [0.3, 0.4) is 0 Å². The molecule has 22 heavy (non-hydrogen) atoms. The summed E-state index contributed by atoms with van der Waals surface area (Å²) in [4.78, 5) is 12.2. The van der Waals surface area contributed by atoms with Gasteiger partial charge in [0.25, 0.3) is 5.91 Å². The molecule has 2 aromatic rings. The highest BCUT2D eigenvalue weighted by atomic mass is 16.5. The minimum atomic E-state index is -0.217. The highest BCUT2D eigenvalue weighted by Gasteiger charge is 2.16. The van der Waals surface area contributed by atoms with E-state index in [9.17, 15) is 4.79 Å². The maximum atomic E-state index is 12.2. The summed E-state index contributed by atoms with van der Waals surface area (Å²) in [7, 11) is 4.54. The van der Waals surface area contributed by atoms with E-state index >= 15 is 0 Å². The summed E-state index contributed by atoms with van der Waals surface area (Å²) >= 11 is 0. The molecule has 0 spiro atoms. The topological polar surface area (TPSA) is 69.9 Å². The van der Waals surface area contributed by atoms with Crippen LogP contribution in [0.25, 0.3) is 0 Å². The van der Waals surface area contributed by atoms with E-state index in [0.717, 1.165) is 5.76 Å². The normalized spacial score (nSPS) is 10.1. The molecule has 2 rings (SSSR count). The van der Waals surface area contributed by atoms with Crippen LogP contribution in [0.4, 0.5) is 0 Å². The van der Waals surface area contributed by atoms with Gasteiger partial charge in [-0.1, -0.05) is 0 Å². The summed E-state index contributed by atoms with van der Waals surface area (Å²) in [5.74, 6) is 1.95. The molecular formula is C16H19NO5. The molecule has 1 N–H and O–H groups in total. The molecular weight excluding hydrogens is 286 g/mol. The van der Waals surface area contributed by atoms with E-state index in [-0.39, 0.29) is 5.91 Å². The maximum Gasteiger partial charge on any atom is 0.251 e. The van der Waals surface area contributed by atoms with Crippen molar-refractivity contribution in [1.29, 1.82) is 0 Å². The van der Waals surface area contributed by atoms with E-state index < -0.39 is 0 Å². The Balaban J connectivity index is 2.08. The van der Waals surface area contributed by atoms with Crippen LogP contribution in [0.15, 0.2) is 34.9 Å². The maximum absolute atomic E-state index is 12.2. The highest BCUT2D eigenvalue weighted by molar-refractivity contribution is 5.95. The number of amides is 1. The second-order valence-electron chi connectivity index (χ2n) is 4.50. The third-order valence-electron chi connectivity index (χ3n) is 3.16. The van der Waals surface area contributed by atoms with Gasteiger partial charge in [0, 0.05) is 18.5 Å². The van der Waals surface area contributed by atoms with Gasteiger partial charge in [-0.25, -0.2) is 0 Å². The minimum absolute atomic E-state index is 0.217. The van der Waals surface area contributed by atoms with Crippen molar-refractivity contribution < 1.29 is 23.4 Å². The van der Waals surface area contributed by atoms with Crippen molar-refractivity contribution >= 4 is 5.91 Å². The zero-order valence-corrected chi connectivity index (χ0v) is 12.8. The van der Waals surface area contributed by atoms with Crippen LogP contribution >= 0.6 is 0 Å². The Bertz CT molecular complexity index is 596. The van der Waals surface area contributed by atoms with Crippen LogP contribution in [0.2, 0.25) is 0 Å². The first-order chi connectivity index (χ1) is 10.7. The molecule has 0 radical (unpaired) electrons. The first-order valence-electron chi connectivity index (χ1n) is 6.80. The molecule has 6 nitrogen and oxygen atoms in total. The molecule has 1 aromatic heterocycles. The van der Waals surface area contributed by atoms with Crippen LogP contribution in [0, 0.1) is 0 Å². The van der Waals surface area contributed by atoms with Crippen LogP contribution in [-0.4, -0.2) is 33.8 Å². The second-order valence-corrected chi connectivity index (χ2v) is 4.50. The molecule has 0 bridgehead atoms. The zero-order valence-electron chi connectivity index (χ0n) is 12.8. The van der Waals surface area contributed by atoms with Gasteiger partial charge in [-0.3, -0.25) is 4.79 Å². The molecule has 0 saturated heterocycles. The van der Waals surface area contributed by atoms with Crippen molar-refractivity contribution in [2.75, 3.05) is 27.9 Å². The number of carbonyl (C=O) groups excluding carboxylic acids is 1. The number of furan rings is 1. The highest BCUT2D eigenvalue weighted by Crippen LogP contribution is 2.38. The van der Waals surface area contributed by atoms with E-state index in [2.05, 4.69) is 5.32 Å². The van der Waals surface area contributed by atoms with E-state index in [1.807, 2.05) is 12.1 Å². The summed E-state index contributed by atoms with van der Waals surface area (Å²) in [6.45, 7) is 0.475. The quantitative estimate of drug-likeness (QED) is 0.850. The molecule has 0 aliphatic rings. The van der Waals surface area contributed by atoms with Gasteiger partial charge >= 0.3 is 0 Å². The van der Waals surface area contributed by atoms with E-state index in [4.69, 9.17) is 18.6 Å². The van der Waals surface area contributed by atoms with Crippen LogP contribution in [0.5, 0.6) is 17.2 Å². The SMILES string of the molecule is COc1cc(C(=O)NCCc2ccco2)cc(OC)c1OC. The molecule has 0 fully saturated rings. The lowest BCUT2D eigenvalue weighted by molar-refractivity contribution is 0.0953. The number of rotatable bonds is 7. The van der Waals surface area contributed by atoms with Gasteiger partial charge in [0.15, 0.2) is 11.5 Å². The second kappa shape index (κ2) is 7.40. The Labute approximate surface area is 129 Å². The van der Waals surface area contributed by atoms with Gasteiger partial charge in [0.2, 0.25) is 5.75 Å². The number of hydrogen-bond donors (Lipinski definition) is 1. The molecule has 1 heterocycles. The Morgan fingerprint density at radius 2 is 1.82 bits per heavy atom. The van der Waals surface area contributed by atoms with Crippen molar-refractivity contribution in [2.45, 2.75) is 6.42 Å². The fraction of sp³-hybridized carbons (Fsp3) is 0.312. The standard InChI is InChI=1S/C16H19NO5/c1-19-13-9-11(10-14(20-2)15(13)21-3)16(18)17-7-6-12-5-4-8-22-12/h4-5,8-10H,6-7H2,1-3H3,(H,17,18). The summed E-state index contributed by atoms with van der Waals surface area (Å²) in [6, 6.07) is 6.91. The van der Waals surface area contributed by atoms with Gasteiger partial charge < -0.3 is 23.9 Å². The largest absolute Gasteiger partial charge is 0.493 e. The van der Waals surface area contributed by atoms with Crippen molar-refractivity contribution in [2.24, 2.45) is 0 Å². The lowest BCUT2D eigenvalue weighted by Crippen LogP contribution is -2.25. The third kappa shape index (κ3) is 3.52. The fourth-order valence-electron chi connectivity index (χ4n) is 2.07. The molecule has 0 atom stereocenters. The molecule has 0 aliphatic heterocycles. The molecule has 1 amide bonds. The fourth-order valence-corrected chi connectivity index (χ4v) is 2.07. The molecule has 1 aromatic carbocycles. The average molecular weight is 305 g/mol. The number of benzene rings is 1. The minimum Gasteiger partial charge on any atom is -0.493 e. The molecule has 0 saturated carbocycles. The first-order valence-corrected chi connectivity index (χ1v) is 6.80. The predicted octanol–water partition coefficient (Wildman–Crippen LogP) is 2.28. The number of nitrogens with one attached hydrogen (secondary N) is 1. The van der Waals surface area contributed by atoms with Gasteiger partial charge in [0.05, 0.1) is 27.6 Å². The Hall–Kier alpha value is -2.63. The lowest BCUT2D eigenvalue weighted by atomic mass is 10.1. The van der Waals surface area contributed by atoms with Crippen molar-refractivity contribution in [3.05, 3.63) is 41.9 Å².